The molecule has 0 aromatic carbocycles. The number of nitrogens with zero attached hydrogens (tertiary/aromatic N) is 2. The second-order valence-electron chi connectivity index (χ2n) is 5.34. The standard InChI is InChI=1S/C14H24N4O.ClH/c1-11-9-12(2)18(17-11)8-4-7-16-14(19)13-5-3-6-15-10-13;/h9,13,15H,3-8,10H2,1-2H3,(H,16,19);1H. The largest absolute Gasteiger partial charge is 0.356 e. The van der Waals surface area contributed by atoms with Crippen LogP contribution in [0.25, 0.3) is 0 Å². The van der Waals surface area contributed by atoms with Crippen molar-refractivity contribution in [3.05, 3.63) is 17.5 Å². The van der Waals surface area contributed by atoms with Gasteiger partial charge in [0.2, 0.25) is 5.91 Å². The highest BCUT2D eigenvalue weighted by molar-refractivity contribution is 5.85. The summed E-state index contributed by atoms with van der Waals surface area (Å²) in [5, 5.41) is 10.7. The lowest BCUT2D eigenvalue weighted by molar-refractivity contribution is -0.125. The van der Waals surface area contributed by atoms with Gasteiger partial charge in [-0.2, -0.15) is 5.10 Å². The van der Waals surface area contributed by atoms with Crippen molar-refractivity contribution in [2.24, 2.45) is 5.92 Å². The van der Waals surface area contributed by atoms with Crippen LogP contribution in [0.3, 0.4) is 0 Å². The number of aryl methyl sites for hydroxylation is 3. The van der Waals surface area contributed by atoms with Crippen LogP contribution in [0.2, 0.25) is 0 Å². The maximum Gasteiger partial charge on any atom is 0.224 e. The summed E-state index contributed by atoms with van der Waals surface area (Å²) < 4.78 is 2.00. The van der Waals surface area contributed by atoms with Crippen LogP contribution in [-0.2, 0) is 11.3 Å². The van der Waals surface area contributed by atoms with Gasteiger partial charge in [0, 0.05) is 25.3 Å². The van der Waals surface area contributed by atoms with Crippen LogP contribution >= 0.6 is 12.4 Å². The van der Waals surface area contributed by atoms with Crippen LogP contribution < -0.4 is 10.6 Å². The van der Waals surface area contributed by atoms with E-state index in [4.69, 9.17) is 0 Å². The average molecular weight is 301 g/mol. The number of nitrogens with one attached hydrogen (secondary N) is 2. The molecule has 1 atom stereocenters. The minimum atomic E-state index is 0. The molecule has 6 heteroatoms. The Morgan fingerprint density at radius 2 is 2.35 bits per heavy atom. The highest BCUT2D eigenvalue weighted by Crippen LogP contribution is 2.09. The van der Waals surface area contributed by atoms with Gasteiger partial charge in [0.15, 0.2) is 0 Å². The molecule has 20 heavy (non-hydrogen) atoms. The number of rotatable bonds is 5. The molecular weight excluding hydrogens is 276 g/mol. The quantitative estimate of drug-likeness (QED) is 0.809. The molecule has 1 fully saturated rings. The Morgan fingerprint density at radius 1 is 1.55 bits per heavy atom. The third kappa shape index (κ3) is 4.80. The average Bonchev–Trinajstić information content (AvgIpc) is 2.74. The van der Waals surface area contributed by atoms with E-state index in [1.54, 1.807) is 0 Å². The molecule has 5 nitrogen and oxygen atoms in total. The smallest absolute Gasteiger partial charge is 0.224 e. The molecule has 2 rings (SSSR count). The monoisotopic (exact) mass is 300 g/mol. The molecule has 1 aromatic rings. The van der Waals surface area contributed by atoms with Gasteiger partial charge in [-0.3, -0.25) is 9.48 Å². The number of hydrogen-bond acceptors (Lipinski definition) is 3. The van der Waals surface area contributed by atoms with Crippen LogP contribution in [0.5, 0.6) is 0 Å². The van der Waals surface area contributed by atoms with Crippen LogP contribution in [0.1, 0.15) is 30.7 Å². The zero-order valence-corrected chi connectivity index (χ0v) is 13.1. The zero-order chi connectivity index (χ0) is 13.7. The van der Waals surface area contributed by atoms with Crippen molar-refractivity contribution in [2.75, 3.05) is 19.6 Å². The van der Waals surface area contributed by atoms with Crippen molar-refractivity contribution in [1.29, 1.82) is 0 Å². The Balaban J connectivity index is 0.00000200. The first-order chi connectivity index (χ1) is 9.16. The number of amides is 1. The molecular formula is C14H25ClN4O. The van der Waals surface area contributed by atoms with Gasteiger partial charge >= 0.3 is 0 Å². The second-order valence-corrected chi connectivity index (χ2v) is 5.34. The zero-order valence-electron chi connectivity index (χ0n) is 12.3. The fourth-order valence-electron chi connectivity index (χ4n) is 2.56. The van der Waals surface area contributed by atoms with E-state index in [0.717, 1.165) is 51.1 Å². The summed E-state index contributed by atoms with van der Waals surface area (Å²) in [7, 11) is 0. The Morgan fingerprint density at radius 3 is 2.95 bits per heavy atom. The Hall–Kier alpha value is -1.07. The van der Waals surface area contributed by atoms with E-state index < -0.39 is 0 Å². The maximum atomic E-state index is 11.9. The molecule has 0 bridgehead atoms. The summed E-state index contributed by atoms with van der Waals surface area (Å²) in [5.41, 5.74) is 2.23. The van der Waals surface area contributed by atoms with Gasteiger partial charge in [0.1, 0.15) is 0 Å². The summed E-state index contributed by atoms with van der Waals surface area (Å²) in [6.07, 6.45) is 3.04. The lowest BCUT2D eigenvalue weighted by Crippen LogP contribution is -2.40. The van der Waals surface area contributed by atoms with Crippen LogP contribution in [-0.4, -0.2) is 35.3 Å². The molecule has 1 saturated heterocycles. The molecule has 114 valence electrons. The van der Waals surface area contributed by atoms with Gasteiger partial charge in [-0.15, -0.1) is 12.4 Å². The van der Waals surface area contributed by atoms with Crippen molar-refractivity contribution >= 4 is 18.3 Å². The topological polar surface area (TPSA) is 59.0 Å². The molecule has 0 aliphatic carbocycles. The van der Waals surface area contributed by atoms with Crippen LogP contribution in [0, 0.1) is 19.8 Å². The van der Waals surface area contributed by atoms with E-state index in [1.807, 2.05) is 11.6 Å². The summed E-state index contributed by atoms with van der Waals surface area (Å²) in [5.74, 6) is 0.350. The number of hydrogen-bond donors (Lipinski definition) is 2. The van der Waals surface area contributed by atoms with Crippen molar-refractivity contribution in [2.45, 2.75) is 39.7 Å². The number of piperidine rings is 1. The van der Waals surface area contributed by atoms with E-state index in [1.165, 1.54) is 5.69 Å². The molecule has 1 aliphatic rings. The van der Waals surface area contributed by atoms with Crippen LogP contribution in [0.15, 0.2) is 6.07 Å². The van der Waals surface area contributed by atoms with E-state index in [2.05, 4.69) is 28.7 Å². The summed E-state index contributed by atoms with van der Waals surface area (Å²) in [6, 6.07) is 2.08. The van der Waals surface area contributed by atoms with E-state index in [9.17, 15) is 4.79 Å². The van der Waals surface area contributed by atoms with Gasteiger partial charge in [-0.25, -0.2) is 0 Å². The third-order valence-corrected chi connectivity index (χ3v) is 3.62. The third-order valence-electron chi connectivity index (χ3n) is 3.62. The predicted molar refractivity (Wildman–Crippen MR) is 82.2 cm³/mol. The van der Waals surface area contributed by atoms with Gasteiger partial charge in [0.05, 0.1) is 11.6 Å². The fraction of sp³-hybridized carbons (Fsp3) is 0.714. The van der Waals surface area contributed by atoms with E-state index >= 15 is 0 Å². The molecule has 0 spiro atoms. The fourth-order valence-corrected chi connectivity index (χ4v) is 2.56. The lowest BCUT2D eigenvalue weighted by Gasteiger charge is -2.21. The van der Waals surface area contributed by atoms with Gasteiger partial charge in [-0.05, 0) is 45.7 Å². The molecule has 0 saturated carbocycles. The number of carbonyl (C=O) groups excluding carboxylic acids is 1. The van der Waals surface area contributed by atoms with E-state index in [0.29, 0.717) is 0 Å². The van der Waals surface area contributed by atoms with Crippen molar-refractivity contribution in [1.82, 2.24) is 20.4 Å². The SMILES string of the molecule is Cc1cc(C)n(CCCNC(=O)C2CCCNC2)n1.Cl. The summed E-state index contributed by atoms with van der Waals surface area (Å²) in [6.45, 7) is 7.52. The highest BCUT2D eigenvalue weighted by atomic mass is 35.5. The maximum absolute atomic E-state index is 11.9. The van der Waals surface area contributed by atoms with Crippen LogP contribution in [0.4, 0.5) is 0 Å². The Bertz CT molecular complexity index is 427. The number of carbonyl (C=O) groups is 1. The normalized spacial score (nSPS) is 18.4. The number of aromatic nitrogens is 2. The molecule has 2 heterocycles. The molecule has 1 aliphatic heterocycles. The minimum absolute atomic E-state index is 0. The first-order valence-corrected chi connectivity index (χ1v) is 7.16. The van der Waals surface area contributed by atoms with Gasteiger partial charge < -0.3 is 10.6 Å². The summed E-state index contributed by atoms with van der Waals surface area (Å²) >= 11 is 0. The Labute approximate surface area is 126 Å². The number of halogens is 1. The summed E-state index contributed by atoms with van der Waals surface area (Å²) in [4.78, 5) is 11.9. The molecule has 1 aromatic heterocycles. The van der Waals surface area contributed by atoms with Crippen molar-refractivity contribution in [3.8, 4) is 0 Å². The van der Waals surface area contributed by atoms with Gasteiger partial charge in [0.25, 0.3) is 0 Å². The molecule has 1 amide bonds. The predicted octanol–water partition coefficient (Wildman–Crippen LogP) is 1.43. The van der Waals surface area contributed by atoms with Crippen molar-refractivity contribution in [3.63, 3.8) is 0 Å². The lowest BCUT2D eigenvalue weighted by atomic mass is 9.99. The van der Waals surface area contributed by atoms with E-state index in [-0.39, 0.29) is 24.2 Å². The first-order valence-electron chi connectivity index (χ1n) is 7.16. The minimum Gasteiger partial charge on any atom is -0.356 e. The Kier molecular flexibility index (Phi) is 7.02. The molecule has 0 radical (unpaired) electrons. The highest BCUT2D eigenvalue weighted by Gasteiger charge is 2.19. The second kappa shape index (κ2) is 8.27. The molecule has 1 unspecified atom stereocenters. The van der Waals surface area contributed by atoms with Gasteiger partial charge in [-0.1, -0.05) is 0 Å². The van der Waals surface area contributed by atoms with Crippen molar-refractivity contribution < 1.29 is 4.79 Å². The first kappa shape index (κ1) is 17.0. The molecule has 2 N–H and O–H groups in total.